The van der Waals surface area contributed by atoms with Crippen LogP contribution in [-0.4, -0.2) is 0 Å². The molecule has 0 radical (unpaired) electrons. The third-order valence-electron chi connectivity index (χ3n) is 17.1. The van der Waals surface area contributed by atoms with Crippen molar-refractivity contribution in [1.82, 2.24) is 0 Å². The fraction of sp³-hybridized carbons (Fsp3) is 0.0633. The molecule has 0 nitrogen and oxygen atoms in total. The number of benzene rings is 12. The van der Waals surface area contributed by atoms with E-state index < -0.39 is 5.41 Å². The van der Waals surface area contributed by atoms with Crippen LogP contribution in [-0.2, 0) is 18.3 Å². The van der Waals surface area contributed by atoms with Gasteiger partial charge < -0.3 is 0 Å². The van der Waals surface area contributed by atoms with Crippen LogP contribution in [0.2, 0.25) is 0 Å². The van der Waals surface area contributed by atoms with Crippen molar-refractivity contribution in [2.75, 3.05) is 0 Å². The minimum absolute atomic E-state index is 0.131. The molecule has 0 fully saturated rings. The van der Waals surface area contributed by atoms with E-state index in [9.17, 15) is 0 Å². The fourth-order valence-corrected chi connectivity index (χ4v) is 13.4. The third-order valence-corrected chi connectivity index (χ3v) is 17.1. The Morgan fingerprint density at radius 2 is 0.848 bits per heavy atom. The molecule has 0 heteroatoms. The van der Waals surface area contributed by atoms with Gasteiger partial charge in [0.15, 0.2) is 0 Å². The zero-order chi connectivity index (χ0) is 52.9. The molecule has 0 amide bonds. The molecule has 0 spiro atoms. The molecule has 374 valence electrons. The summed E-state index contributed by atoms with van der Waals surface area (Å²) in [6, 6.07) is 108. The molecule has 0 saturated heterocycles. The van der Waals surface area contributed by atoms with Crippen LogP contribution in [0.25, 0.3) is 72.3 Å². The summed E-state index contributed by atoms with van der Waals surface area (Å²) in [4.78, 5) is 0. The summed E-state index contributed by atoms with van der Waals surface area (Å²) >= 11 is 0. The van der Waals surface area contributed by atoms with E-state index in [1.165, 1.54) is 134 Å². The van der Waals surface area contributed by atoms with E-state index in [1.54, 1.807) is 0 Å². The standard InChI is InChI=1S/C79H58/c1-53-49-63(74(50-55-39-41-58(42-40-55)56-21-6-3-7-22-56)60-45-43-59(44-46-60)71-36-20-35-69-54(2)68-31-14-15-33-72(68)78(69)71)47-48-67(53)70-32-13-12-25-62(70)51-64-27-19-38-76-77(64)73-34-16-17-37-75(73)79(76,65-28-10-5-11-29-65)66-30-18-26-61(52-66)57-23-8-4-9-24-57/h3-49,52,74H,2,50-51H2,1H3. The second-order valence-electron chi connectivity index (χ2n) is 21.6. The third kappa shape index (κ3) is 8.31. The topological polar surface area (TPSA) is 0 Å². The normalized spacial score (nSPS) is 14.3. The van der Waals surface area contributed by atoms with Crippen LogP contribution in [0.5, 0.6) is 0 Å². The minimum atomic E-state index is -0.510. The Balaban J connectivity index is 0.837. The highest BCUT2D eigenvalue weighted by Crippen LogP contribution is 2.58. The molecule has 2 aliphatic rings. The summed E-state index contributed by atoms with van der Waals surface area (Å²) in [7, 11) is 0. The van der Waals surface area contributed by atoms with Gasteiger partial charge in [-0.2, -0.15) is 0 Å². The van der Waals surface area contributed by atoms with Crippen molar-refractivity contribution in [3.05, 3.63) is 365 Å². The van der Waals surface area contributed by atoms with Crippen molar-refractivity contribution in [3.8, 4) is 66.8 Å². The number of hydrogen-bond acceptors (Lipinski definition) is 0. The average Bonchev–Trinajstić information content (AvgIpc) is 3.13. The average molecular weight is 1010 g/mol. The van der Waals surface area contributed by atoms with Gasteiger partial charge in [0.1, 0.15) is 0 Å². The van der Waals surface area contributed by atoms with Gasteiger partial charge in [0.05, 0.1) is 5.41 Å². The Hall–Kier alpha value is -9.62. The SMILES string of the molecule is C=C1c2ccccc2-c2c1cccc2-c1ccc(C(Cc2ccc(-c3ccccc3)cc2)c2ccc(-c3ccccc3Cc3cccc4c3-c3ccccc3C4(c3ccccc3)c3cccc(-c4ccccc4)c3)c(C)c2)cc1. The van der Waals surface area contributed by atoms with Gasteiger partial charge in [-0.25, -0.2) is 0 Å². The first-order valence-corrected chi connectivity index (χ1v) is 27.8. The maximum atomic E-state index is 4.51. The lowest BCUT2D eigenvalue weighted by atomic mass is 9.67. The van der Waals surface area contributed by atoms with Crippen LogP contribution in [0.15, 0.2) is 298 Å². The Bertz CT molecular complexity index is 4240. The molecule has 0 aromatic heterocycles. The van der Waals surface area contributed by atoms with Crippen LogP contribution in [0.4, 0.5) is 0 Å². The van der Waals surface area contributed by atoms with Crippen molar-refractivity contribution in [2.24, 2.45) is 0 Å². The first-order valence-electron chi connectivity index (χ1n) is 27.8. The summed E-state index contributed by atoms with van der Waals surface area (Å²) in [5.74, 6) is 0.131. The highest BCUT2D eigenvalue weighted by Gasteiger charge is 2.47. The molecule has 0 heterocycles. The molecule has 14 rings (SSSR count). The Morgan fingerprint density at radius 1 is 0.329 bits per heavy atom. The second-order valence-corrected chi connectivity index (χ2v) is 21.6. The molecule has 2 unspecified atom stereocenters. The Labute approximate surface area is 465 Å². The maximum absolute atomic E-state index is 4.51. The lowest BCUT2D eigenvalue weighted by molar-refractivity contribution is 0.768. The summed E-state index contributed by atoms with van der Waals surface area (Å²) < 4.78 is 0. The molecule has 2 aliphatic carbocycles. The highest BCUT2D eigenvalue weighted by atomic mass is 14.5. The van der Waals surface area contributed by atoms with Crippen molar-refractivity contribution in [1.29, 1.82) is 0 Å². The zero-order valence-corrected chi connectivity index (χ0v) is 44.4. The molecule has 79 heavy (non-hydrogen) atoms. The molecule has 0 aliphatic heterocycles. The number of aryl methyl sites for hydroxylation is 1. The predicted molar refractivity (Wildman–Crippen MR) is 331 cm³/mol. The van der Waals surface area contributed by atoms with E-state index in [0.29, 0.717) is 0 Å². The molecule has 2 atom stereocenters. The molecule has 0 N–H and O–H groups in total. The van der Waals surface area contributed by atoms with Crippen molar-refractivity contribution < 1.29 is 0 Å². The van der Waals surface area contributed by atoms with Crippen molar-refractivity contribution in [2.45, 2.75) is 31.1 Å². The van der Waals surface area contributed by atoms with Gasteiger partial charge in [-0.3, -0.25) is 0 Å². The monoisotopic (exact) mass is 1010 g/mol. The smallest absolute Gasteiger partial charge is 0.0713 e. The zero-order valence-electron chi connectivity index (χ0n) is 44.4. The lowest BCUT2D eigenvalue weighted by Crippen LogP contribution is -2.28. The molecule has 12 aromatic carbocycles. The van der Waals surface area contributed by atoms with Gasteiger partial charge >= 0.3 is 0 Å². The van der Waals surface area contributed by atoms with Crippen LogP contribution < -0.4 is 0 Å². The van der Waals surface area contributed by atoms with E-state index >= 15 is 0 Å². The number of rotatable bonds is 12. The van der Waals surface area contributed by atoms with Crippen LogP contribution >= 0.6 is 0 Å². The quantitative estimate of drug-likeness (QED) is 0.114. The lowest BCUT2D eigenvalue weighted by Gasteiger charge is -2.34. The van der Waals surface area contributed by atoms with Gasteiger partial charge in [0, 0.05) is 5.92 Å². The highest BCUT2D eigenvalue weighted by molar-refractivity contribution is 6.05. The summed E-state index contributed by atoms with van der Waals surface area (Å²) in [6.07, 6.45) is 1.67. The number of hydrogen-bond donors (Lipinski definition) is 0. The van der Waals surface area contributed by atoms with E-state index in [-0.39, 0.29) is 5.92 Å². The van der Waals surface area contributed by atoms with Crippen molar-refractivity contribution >= 4 is 5.57 Å². The van der Waals surface area contributed by atoms with E-state index in [4.69, 9.17) is 0 Å². The second kappa shape index (κ2) is 20.1. The van der Waals surface area contributed by atoms with Crippen molar-refractivity contribution in [3.63, 3.8) is 0 Å². The molecule has 12 aromatic rings. The number of fused-ring (bicyclic) bond motifs is 6. The first-order chi connectivity index (χ1) is 39.0. The Kier molecular flexibility index (Phi) is 12.1. The summed E-state index contributed by atoms with van der Waals surface area (Å²) in [5.41, 5.74) is 31.2. The molecular weight excluding hydrogens is 949 g/mol. The van der Waals surface area contributed by atoms with E-state index in [2.05, 4.69) is 305 Å². The molecule has 0 bridgehead atoms. The van der Waals surface area contributed by atoms with Gasteiger partial charge in [-0.15, -0.1) is 0 Å². The Morgan fingerprint density at radius 3 is 1.59 bits per heavy atom. The summed E-state index contributed by atoms with van der Waals surface area (Å²) in [5, 5.41) is 0. The minimum Gasteiger partial charge on any atom is -0.0905 e. The van der Waals surface area contributed by atoms with Gasteiger partial charge in [-0.1, -0.05) is 292 Å². The van der Waals surface area contributed by atoms with Crippen LogP contribution in [0.1, 0.15) is 72.7 Å². The first kappa shape index (κ1) is 47.8. The largest absolute Gasteiger partial charge is 0.0905 e. The van der Waals surface area contributed by atoms with Gasteiger partial charge in [-0.05, 0) is 165 Å². The predicted octanol–water partition coefficient (Wildman–Crippen LogP) is 20.0. The van der Waals surface area contributed by atoms with E-state index in [1.807, 2.05) is 0 Å². The fourth-order valence-electron chi connectivity index (χ4n) is 13.4. The van der Waals surface area contributed by atoms with Crippen LogP contribution in [0, 0.1) is 6.92 Å². The molecular formula is C79H58. The van der Waals surface area contributed by atoms with Crippen LogP contribution in [0.3, 0.4) is 0 Å². The van der Waals surface area contributed by atoms with Gasteiger partial charge in [0.2, 0.25) is 0 Å². The van der Waals surface area contributed by atoms with E-state index in [0.717, 1.165) is 18.4 Å². The summed E-state index contributed by atoms with van der Waals surface area (Å²) in [6.45, 7) is 6.82. The van der Waals surface area contributed by atoms with Gasteiger partial charge in [0.25, 0.3) is 0 Å². The molecule has 0 saturated carbocycles. The maximum Gasteiger partial charge on any atom is 0.0713 e.